The van der Waals surface area contributed by atoms with Crippen LogP contribution in [0.3, 0.4) is 0 Å². The number of esters is 1. The molecule has 7 heteroatoms. The van der Waals surface area contributed by atoms with Crippen molar-refractivity contribution in [2.75, 3.05) is 6.61 Å². The molecule has 0 saturated heterocycles. The molecule has 0 fully saturated rings. The molecule has 0 radical (unpaired) electrons. The molecule has 26 heavy (non-hydrogen) atoms. The lowest BCUT2D eigenvalue weighted by atomic mass is 9.82. The van der Waals surface area contributed by atoms with E-state index >= 15 is 0 Å². The lowest BCUT2D eigenvalue weighted by Gasteiger charge is -2.38. The number of carbonyl (C=O) groups is 1. The predicted molar refractivity (Wildman–Crippen MR) is 99.5 cm³/mol. The summed E-state index contributed by atoms with van der Waals surface area (Å²) >= 11 is 0. The second-order valence-corrected chi connectivity index (χ2v) is 9.90. The van der Waals surface area contributed by atoms with Crippen molar-refractivity contribution in [1.82, 2.24) is 0 Å². The summed E-state index contributed by atoms with van der Waals surface area (Å²) in [5, 5.41) is 0. The van der Waals surface area contributed by atoms with Crippen molar-refractivity contribution in [1.29, 1.82) is 0 Å². The third-order valence-corrected chi connectivity index (χ3v) is 6.91. The fourth-order valence-corrected chi connectivity index (χ4v) is 5.84. The number of halogens is 1. The van der Waals surface area contributed by atoms with E-state index in [9.17, 15) is 13.2 Å². The summed E-state index contributed by atoms with van der Waals surface area (Å²) in [6, 6.07) is 0. The van der Waals surface area contributed by atoms with E-state index in [1.165, 1.54) is 0 Å². The molecule has 1 atom stereocenters. The summed E-state index contributed by atoms with van der Waals surface area (Å²) < 4.78 is 35.9. The monoisotopic (exact) mass is 400 g/mol. The Morgan fingerprint density at radius 1 is 1.19 bits per heavy atom. The first-order chi connectivity index (χ1) is 12.2. The smallest absolute Gasteiger partial charge is 0.309 e. The molecule has 0 bridgehead atoms. The number of carbonyl (C=O) groups excluding carboxylic acids is 1. The molecule has 0 aromatic heterocycles. The average Bonchev–Trinajstić information content (AvgIpc) is 2.53. The standard InChI is InChI=1S/C19H25ClO5S/c1-4-24-16(21)11-19(3)10-9-13-12(2)18(26(20,22)23)15-8-6-5-7-14(15)17(13)25-19/h4-11H2,1-3H3. The fraction of sp³-hybridized carbons (Fsp3) is 0.632. The van der Waals surface area contributed by atoms with Crippen LogP contribution in [0.2, 0.25) is 0 Å². The highest BCUT2D eigenvalue weighted by atomic mass is 35.7. The Morgan fingerprint density at radius 2 is 1.85 bits per heavy atom. The Labute approximate surface area is 159 Å². The van der Waals surface area contributed by atoms with Crippen LogP contribution in [-0.2, 0) is 37.8 Å². The molecule has 3 rings (SSSR count). The third kappa shape index (κ3) is 3.58. The number of fused-ring (bicyclic) bond motifs is 3. The fourth-order valence-electron chi connectivity index (χ4n) is 4.21. The highest BCUT2D eigenvalue weighted by molar-refractivity contribution is 8.13. The molecule has 0 N–H and O–H groups in total. The van der Waals surface area contributed by atoms with Crippen molar-refractivity contribution in [2.45, 2.75) is 76.2 Å². The summed E-state index contributed by atoms with van der Waals surface area (Å²) in [7, 11) is 1.95. The van der Waals surface area contributed by atoms with Gasteiger partial charge in [0.1, 0.15) is 11.4 Å². The number of benzene rings is 1. The van der Waals surface area contributed by atoms with Crippen LogP contribution in [0.15, 0.2) is 4.90 Å². The van der Waals surface area contributed by atoms with Gasteiger partial charge in [-0.05, 0) is 81.5 Å². The third-order valence-electron chi connectivity index (χ3n) is 5.40. The summed E-state index contributed by atoms with van der Waals surface area (Å²) in [4.78, 5) is 12.2. The van der Waals surface area contributed by atoms with E-state index in [1.54, 1.807) is 13.8 Å². The largest absolute Gasteiger partial charge is 0.486 e. The van der Waals surface area contributed by atoms with E-state index in [1.807, 2.05) is 6.92 Å². The van der Waals surface area contributed by atoms with Crippen molar-refractivity contribution in [3.63, 3.8) is 0 Å². The Balaban J connectivity index is 2.09. The predicted octanol–water partition coefficient (Wildman–Crippen LogP) is 3.84. The van der Waals surface area contributed by atoms with Gasteiger partial charge in [-0.1, -0.05) is 0 Å². The number of hydrogen-bond acceptors (Lipinski definition) is 5. The lowest BCUT2D eigenvalue weighted by Crippen LogP contribution is -2.40. The Bertz CT molecular complexity index is 846. The van der Waals surface area contributed by atoms with E-state index in [0.717, 1.165) is 41.7 Å². The molecule has 0 spiro atoms. The maximum Gasteiger partial charge on any atom is 0.309 e. The van der Waals surface area contributed by atoms with Gasteiger partial charge in [0, 0.05) is 10.7 Å². The molecule has 0 saturated carbocycles. The molecule has 1 aliphatic heterocycles. The maximum absolute atomic E-state index is 12.2. The van der Waals surface area contributed by atoms with Gasteiger partial charge in [-0.3, -0.25) is 4.79 Å². The molecule has 5 nitrogen and oxygen atoms in total. The topological polar surface area (TPSA) is 69.7 Å². The van der Waals surface area contributed by atoms with E-state index < -0.39 is 14.7 Å². The summed E-state index contributed by atoms with van der Waals surface area (Å²) in [5.41, 5.74) is 2.70. The van der Waals surface area contributed by atoms with Gasteiger partial charge in [-0.15, -0.1) is 0 Å². The van der Waals surface area contributed by atoms with E-state index in [4.69, 9.17) is 20.2 Å². The highest BCUT2D eigenvalue weighted by Gasteiger charge is 2.39. The molecular weight excluding hydrogens is 376 g/mol. The average molecular weight is 401 g/mol. The van der Waals surface area contributed by atoms with Gasteiger partial charge in [0.25, 0.3) is 9.05 Å². The first-order valence-corrected chi connectivity index (χ1v) is 11.4. The van der Waals surface area contributed by atoms with Crippen LogP contribution in [0.1, 0.15) is 61.8 Å². The lowest BCUT2D eigenvalue weighted by molar-refractivity contribution is -0.147. The summed E-state index contributed by atoms with van der Waals surface area (Å²) in [6.45, 7) is 5.85. The van der Waals surface area contributed by atoms with Crippen LogP contribution in [0, 0.1) is 6.92 Å². The van der Waals surface area contributed by atoms with E-state index in [2.05, 4.69) is 0 Å². The van der Waals surface area contributed by atoms with E-state index in [-0.39, 0.29) is 17.3 Å². The number of hydrogen-bond donors (Lipinski definition) is 0. The summed E-state index contributed by atoms with van der Waals surface area (Å²) in [6.07, 6.45) is 4.84. The van der Waals surface area contributed by atoms with Gasteiger partial charge in [0.15, 0.2) is 0 Å². The quantitative estimate of drug-likeness (QED) is 0.567. The molecular formula is C19H25ClO5S. The molecule has 144 valence electrons. The molecule has 0 amide bonds. The first kappa shape index (κ1) is 19.5. The van der Waals surface area contributed by atoms with Gasteiger partial charge in [0.2, 0.25) is 0 Å². The maximum atomic E-state index is 12.2. The van der Waals surface area contributed by atoms with Crippen LogP contribution in [0.4, 0.5) is 0 Å². The van der Waals surface area contributed by atoms with Crippen LogP contribution in [-0.4, -0.2) is 26.6 Å². The normalized spacial score (nSPS) is 22.2. The van der Waals surface area contributed by atoms with Gasteiger partial charge >= 0.3 is 5.97 Å². The van der Waals surface area contributed by atoms with Gasteiger partial charge in [-0.2, -0.15) is 0 Å². The Morgan fingerprint density at radius 3 is 2.46 bits per heavy atom. The molecule has 1 aromatic rings. The van der Waals surface area contributed by atoms with Crippen LogP contribution in [0.5, 0.6) is 5.75 Å². The highest BCUT2D eigenvalue weighted by Crippen LogP contribution is 2.46. The molecule has 2 aliphatic rings. The molecule has 1 aliphatic carbocycles. The zero-order valence-corrected chi connectivity index (χ0v) is 17.1. The van der Waals surface area contributed by atoms with Gasteiger partial charge < -0.3 is 9.47 Å². The van der Waals surface area contributed by atoms with E-state index in [0.29, 0.717) is 31.4 Å². The number of ether oxygens (including phenoxy) is 2. The van der Waals surface area contributed by atoms with Crippen molar-refractivity contribution in [2.24, 2.45) is 0 Å². The van der Waals surface area contributed by atoms with Crippen LogP contribution >= 0.6 is 10.7 Å². The van der Waals surface area contributed by atoms with Gasteiger partial charge in [0.05, 0.1) is 17.9 Å². The molecule has 1 unspecified atom stereocenters. The zero-order chi connectivity index (χ0) is 19.1. The van der Waals surface area contributed by atoms with Crippen LogP contribution < -0.4 is 4.74 Å². The minimum Gasteiger partial charge on any atom is -0.486 e. The Kier molecular flexibility index (Phi) is 5.28. The first-order valence-electron chi connectivity index (χ1n) is 9.13. The minimum atomic E-state index is -3.82. The molecule has 1 aromatic carbocycles. The second-order valence-electron chi connectivity index (χ2n) is 7.40. The van der Waals surface area contributed by atoms with Crippen molar-refractivity contribution < 1.29 is 22.7 Å². The Hall–Kier alpha value is -1.27. The number of rotatable bonds is 4. The van der Waals surface area contributed by atoms with Crippen LogP contribution in [0.25, 0.3) is 0 Å². The minimum absolute atomic E-state index is 0.184. The van der Waals surface area contributed by atoms with Crippen molar-refractivity contribution >= 4 is 25.7 Å². The van der Waals surface area contributed by atoms with Crippen molar-refractivity contribution in [3.8, 4) is 5.75 Å². The summed E-state index contributed by atoms with van der Waals surface area (Å²) in [5.74, 6) is 0.489. The zero-order valence-electron chi connectivity index (χ0n) is 15.5. The molecule has 1 heterocycles. The van der Waals surface area contributed by atoms with Crippen molar-refractivity contribution in [3.05, 3.63) is 22.3 Å². The second kappa shape index (κ2) is 7.04. The SMILES string of the molecule is CCOC(=O)CC1(C)CCc2c(C)c(S(=O)(=O)Cl)c3c(c2O1)CCCC3. The van der Waals surface area contributed by atoms with Gasteiger partial charge in [-0.25, -0.2) is 8.42 Å².